The van der Waals surface area contributed by atoms with Crippen molar-refractivity contribution in [3.05, 3.63) is 0 Å². The van der Waals surface area contributed by atoms with Crippen molar-refractivity contribution in [3.8, 4) is 0 Å². The predicted octanol–water partition coefficient (Wildman–Crippen LogP) is 3.54. The van der Waals surface area contributed by atoms with E-state index >= 15 is 0 Å². The molecule has 0 aliphatic carbocycles. The minimum Gasteiger partial charge on any atom is -0.207 e. The van der Waals surface area contributed by atoms with Crippen molar-refractivity contribution in [3.63, 3.8) is 0 Å². The van der Waals surface area contributed by atoms with Crippen molar-refractivity contribution < 1.29 is 8.78 Å². The maximum absolute atomic E-state index is 12.5. The van der Waals surface area contributed by atoms with Crippen LogP contribution in [0.1, 0.15) is 27.2 Å². The summed E-state index contributed by atoms with van der Waals surface area (Å²) >= 11 is 5.54. The van der Waals surface area contributed by atoms with Crippen molar-refractivity contribution in [2.45, 2.75) is 33.1 Å². The van der Waals surface area contributed by atoms with Crippen LogP contribution < -0.4 is 0 Å². The van der Waals surface area contributed by atoms with Gasteiger partial charge in [0.1, 0.15) is 0 Å². The molecular formula is C8H15ClF2. The monoisotopic (exact) mass is 184 g/mol. The Morgan fingerprint density at radius 2 is 1.82 bits per heavy atom. The molecule has 0 rings (SSSR count). The molecule has 0 aromatic heterocycles. The standard InChI is InChI=1S/C8H15ClF2/c1-6(2)7(5-9)4-8(3,10)11/h6-7H,4-5H2,1-3H3. The number of halogens is 3. The van der Waals surface area contributed by atoms with Gasteiger partial charge >= 0.3 is 0 Å². The van der Waals surface area contributed by atoms with E-state index in [-0.39, 0.29) is 18.3 Å². The van der Waals surface area contributed by atoms with Crippen LogP contribution in [0.15, 0.2) is 0 Å². The van der Waals surface area contributed by atoms with Gasteiger partial charge in [-0.3, -0.25) is 0 Å². The molecule has 0 saturated carbocycles. The second-order valence-electron chi connectivity index (χ2n) is 3.43. The minimum absolute atomic E-state index is 0.0725. The van der Waals surface area contributed by atoms with Crippen molar-refractivity contribution in [2.75, 3.05) is 5.88 Å². The highest BCUT2D eigenvalue weighted by Crippen LogP contribution is 2.27. The maximum Gasteiger partial charge on any atom is 0.245 e. The topological polar surface area (TPSA) is 0 Å². The molecule has 0 amide bonds. The van der Waals surface area contributed by atoms with Gasteiger partial charge in [-0.25, -0.2) is 8.78 Å². The van der Waals surface area contributed by atoms with E-state index < -0.39 is 5.92 Å². The molecule has 11 heavy (non-hydrogen) atoms. The Balaban J connectivity index is 3.88. The van der Waals surface area contributed by atoms with Crippen molar-refractivity contribution in [1.82, 2.24) is 0 Å². The molecule has 0 spiro atoms. The summed E-state index contributed by atoms with van der Waals surface area (Å²) in [6, 6.07) is 0. The number of rotatable bonds is 4. The first kappa shape index (κ1) is 11.2. The normalized spacial score (nSPS) is 15.5. The Hall–Kier alpha value is 0.150. The lowest BCUT2D eigenvalue weighted by molar-refractivity contribution is -0.00665. The van der Waals surface area contributed by atoms with Gasteiger partial charge in [-0.1, -0.05) is 13.8 Å². The molecule has 1 atom stereocenters. The smallest absolute Gasteiger partial charge is 0.207 e. The molecule has 0 aliphatic heterocycles. The summed E-state index contributed by atoms with van der Waals surface area (Å²) in [4.78, 5) is 0. The Morgan fingerprint density at radius 1 is 1.36 bits per heavy atom. The fraction of sp³-hybridized carbons (Fsp3) is 1.00. The first-order chi connectivity index (χ1) is 4.87. The van der Waals surface area contributed by atoms with Crippen LogP contribution in [0.4, 0.5) is 8.78 Å². The van der Waals surface area contributed by atoms with Gasteiger partial charge in [0, 0.05) is 12.3 Å². The molecule has 0 fully saturated rings. The zero-order chi connectivity index (χ0) is 9.07. The van der Waals surface area contributed by atoms with Gasteiger partial charge in [0.15, 0.2) is 0 Å². The molecule has 0 aromatic carbocycles. The van der Waals surface area contributed by atoms with Gasteiger partial charge in [-0.05, 0) is 18.8 Å². The van der Waals surface area contributed by atoms with Gasteiger partial charge in [0.25, 0.3) is 0 Å². The van der Waals surface area contributed by atoms with Crippen LogP contribution in [0.5, 0.6) is 0 Å². The van der Waals surface area contributed by atoms with Crippen LogP contribution >= 0.6 is 11.6 Å². The first-order valence-electron chi connectivity index (χ1n) is 3.80. The summed E-state index contributed by atoms with van der Waals surface area (Å²) in [6.07, 6.45) is -0.103. The summed E-state index contributed by atoms with van der Waals surface area (Å²) in [5.74, 6) is -2.10. The zero-order valence-corrected chi connectivity index (χ0v) is 7.96. The lowest BCUT2D eigenvalue weighted by atomic mass is 9.92. The van der Waals surface area contributed by atoms with E-state index in [0.29, 0.717) is 5.88 Å². The van der Waals surface area contributed by atoms with Crippen LogP contribution in [-0.4, -0.2) is 11.8 Å². The van der Waals surface area contributed by atoms with Crippen LogP contribution in [-0.2, 0) is 0 Å². The van der Waals surface area contributed by atoms with Gasteiger partial charge in [0.2, 0.25) is 5.92 Å². The van der Waals surface area contributed by atoms with Crippen LogP contribution in [0.25, 0.3) is 0 Å². The quantitative estimate of drug-likeness (QED) is 0.587. The molecule has 3 heteroatoms. The first-order valence-corrected chi connectivity index (χ1v) is 4.34. The Kier molecular flexibility index (Phi) is 4.30. The summed E-state index contributed by atoms with van der Waals surface area (Å²) in [7, 11) is 0. The van der Waals surface area contributed by atoms with E-state index in [4.69, 9.17) is 11.6 Å². The number of alkyl halides is 3. The van der Waals surface area contributed by atoms with Gasteiger partial charge in [0.05, 0.1) is 0 Å². The number of hydrogen-bond donors (Lipinski definition) is 0. The molecule has 0 bridgehead atoms. The van der Waals surface area contributed by atoms with E-state index in [1.165, 1.54) is 0 Å². The van der Waals surface area contributed by atoms with Crippen LogP contribution in [0.3, 0.4) is 0 Å². The van der Waals surface area contributed by atoms with Crippen molar-refractivity contribution >= 4 is 11.6 Å². The highest BCUT2D eigenvalue weighted by atomic mass is 35.5. The number of hydrogen-bond acceptors (Lipinski definition) is 0. The Labute approximate surface area is 71.9 Å². The van der Waals surface area contributed by atoms with Crippen LogP contribution in [0.2, 0.25) is 0 Å². The summed E-state index contributed by atoms with van der Waals surface area (Å²) < 4.78 is 24.9. The van der Waals surface area contributed by atoms with E-state index in [1.807, 2.05) is 13.8 Å². The third-order valence-corrected chi connectivity index (χ3v) is 2.16. The molecular weight excluding hydrogens is 170 g/mol. The molecule has 0 saturated heterocycles. The molecule has 1 unspecified atom stereocenters. The predicted molar refractivity (Wildman–Crippen MR) is 44.3 cm³/mol. The maximum atomic E-state index is 12.5. The summed E-state index contributed by atoms with van der Waals surface area (Å²) in [6.45, 7) is 4.77. The highest BCUT2D eigenvalue weighted by Gasteiger charge is 2.27. The van der Waals surface area contributed by atoms with Crippen molar-refractivity contribution in [1.29, 1.82) is 0 Å². The molecule has 0 nitrogen and oxygen atoms in total. The molecule has 0 aromatic rings. The molecule has 0 N–H and O–H groups in total. The van der Waals surface area contributed by atoms with Gasteiger partial charge in [-0.2, -0.15) is 0 Å². The van der Waals surface area contributed by atoms with E-state index in [9.17, 15) is 8.78 Å². The molecule has 68 valence electrons. The van der Waals surface area contributed by atoms with Gasteiger partial charge < -0.3 is 0 Å². The molecule has 0 heterocycles. The van der Waals surface area contributed by atoms with E-state index in [2.05, 4.69) is 0 Å². The zero-order valence-electron chi connectivity index (χ0n) is 7.20. The lowest BCUT2D eigenvalue weighted by Gasteiger charge is -2.21. The molecule has 0 aliphatic rings. The fourth-order valence-corrected chi connectivity index (χ4v) is 1.39. The second-order valence-corrected chi connectivity index (χ2v) is 3.74. The van der Waals surface area contributed by atoms with Gasteiger partial charge in [-0.15, -0.1) is 11.6 Å². The minimum atomic E-state index is -2.58. The summed E-state index contributed by atoms with van der Waals surface area (Å²) in [5, 5.41) is 0. The van der Waals surface area contributed by atoms with Crippen molar-refractivity contribution in [2.24, 2.45) is 11.8 Å². The third kappa shape index (κ3) is 5.42. The second kappa shape index (κ2) is 4.24. The average Bonchev–Trinajstić information content (AvgIpc) is 1.80. The molecule has 0 radical (unpaired) electrons. The third-order valence-electron chi connectivity index (χ3n) is 1.76. The van der Waals surface area contributed by atoms with Crippen LogP contribution in [0, 0.1) is 11.8 Å². The largest absolute Gasteiger partial charge is 0.245 e. The van der Waals surface area contributed by atoms with E-state index in [1.54, 1.807) is 0 Å². The highest BCUT2D eigenvalue weighted by molar-refractivity contribution is 6.18. The fourth-order valence-electron chi connectivity index (χ4n) is 0.929. The van der Waals surface area contributed by atoms with E-state index in [0.717, 1.165) is 6.92 Å². The Bertz CT molecular complexity index is 107. The average molecular weight is 185 g/mol. The SMILES string of the molecule is CC(C)C(CCl)CC(C)(F)F. The lowest BCUT2D eigenvalue weighted by Crippen LogP contribution is -2.21. The summed E-state index contributed by atoms with van der Waals surface area (Å²) in [5.41, 5.74) is 0. The Morgan fingerprint density at radius 3 is 1.91 bits per heavy atom.